The fraction of sp³-hybridized carbons (Fsp3) is 0.118. The predicted octanol–water partition coefficient (Wildman–Crippen LogP) is 6.07. The van der Waals surface area contributed by atoms with E-state index in [1.807, 2.05) is 0 Å². The van der Waals surface area contributed by atoms with Crippen LogP contribution in [-0.4, -0.2) is 16.3 Å². The molecule has 1 amide bonds. The standard InChI is InChI=1S/C17H10Cl2F3N3O2S/c18-12-5-4-11(8-13(12)19)27-16(26)23-15-25-24-14(28-15)7-9-2-1-3-10(6-9)17(20,21)22/h1-6,8H,7H2,(H,23,25,26). The van der Waals surface area contributed by atoms with Crippen molar-refractivity contribution in [3.63, 3.8) is 0 Å². The van der Waals surface area contributed by atoms with E-state index >= 15 is 0 Å². The molecule has 0 saturated heterocycles. The third-order valence-electron chi connectivity index (χ3n) is 3.39. The zero-order valence-corrected chi connectivity index (χ0v) is 16.1. The number of aromatic nitrogens is 2. The molecular weight excluding hydrogens is 438 g/mol. The number of alkyl halides is 3. The maximum Gasteiger partial charge on any atom is 0.418 e. The SMILES string of the molecule is O=C(Nc1nnc(Cc2cccc(C(F)(F)F)c2)s1)Oc1ccc(Cl)c(Cl)c1. The van der Waals surface area contributed by atoms with Gasteiger partial charge in [-0.2, -0.15) is 13.2 Å². The minimum absolute atomic E-state index is 0.144. The lowest BCUT2D eigenvalue weighted by molar-refractivity contribution is -0.137. The van der Waals surface area contributed by atoms with E-state index in [-0.39, 0.29) is 22.3 Å². The lowest BCUT2D eigenvalue weighted by Gasteiger charge is -2.07. The van der Waals surface area contributed by atoms with Crippen molar-refractivity contribution in [2.45, 2.75) is 12.6 Å². The summed E-state index contributed by atoms with van der Waals surface area (Å²) in [6, 6.07) is 9.25. The van der Waals surface area contributed by atoms with Crippen LogP contribution in [0.5, 0.6) is 5.75 Å². The van der Waals surface area contributed by atoms with Crippen LogP contribution in [0.25, 0.3) is 0 Å². The Bertz CT molecular complexity index is 1010. The maximum atomic E-state index is 12.8. The molecular formula is C17H10Cl2F3N3O2S. The molecule has 1 aromatic heterocycles. The fourth-order valence-corrected chi connectivity index (χ4v) is 3.22. The summed E-state index contributed by atoms with van der Waals surface area (Å²) in [4.78, 5) is 11.9. The summed E-state index contributed by atoms with van der Waals surface area (Å²) in [7, 11) is 0. The Morgan fingerprint density at radius 3 is 2.61 bits per heavy atom. The summed E-state index contributed by atoms with van der Waals surface area (Å²) in [5.74, 6) is 0.181. The second-order valence-corrected chi connectivity index (χ2v) is 7.34. The van der Waals surface area contributed by atoms with Crippen molar-refractivity contribution in [3.8, 4) is 5.75 Å². The van der Waals surface area contributed by atoms with E-state index in [1.165, 1.54) is 24.3 Å². The van der Waals surface area contributed by atoms with E-state index in [9.17, 15) is 18.0 Å². The number of nitrogens with one attached hydrogen (secondary N) is 1. The van der Waals surface area contributed by atoms with Crippen LogP contribution >= 0.6 is 34.5 Å². The van der Waals surface area contributed by atoms with Crippen LogP contribution in [0.15, 0.2) is 42.5 Å². The third-order valence-corrected chi connectivity index (χ3v) is 4.96. The van der Waals surface area contributed by atoms with Gasteiger partial charge in [0.2, 0.25) is 5.13 Å². The maximum absolute atomic E-state index is 12.8. The van der Waals surface area contributed by atoms with Crippen molar-refractivity contribution in [2.24, 2.45) is 0 Å². The van der Waals surface area contributed by atoms with Gasteiger partial charge in [0, 0.05) is 12.5 Å². The highest BCUT2D eigenvalue weighted by atomic mass is 35.5. The number of hydrogen-bond acceptors (Lipinski definition) is 5. The average molecular weight is 448 g/mol. The molecule has 11 heteroatoms. The van der Waals surface area contributed by atoms with E-state index < -0.39 is 17.8 Å². The molecule has 3 rings (SSSR count). The lowest BCUT2D eigenvalue weighted by atomic mass is 10.1. The Morgan fingerprint density at radius 2 is 1.89 bits per heavy atom. The number of benzene rings is 2. The van der Waals surface area contributed by atoms with Crippen LogP contribution in [0.1, 0.15) is 16.1 Å². The van der Waals surface area contributed by atoms with Crippen LogP contribution in [0, 0.1) is 0 Å². The number of carbonyl (C=O) groups is 1. The Balaban J connectivity index is 1.62. The minimum Gasteiger partial charge on any atom is -0.410 e. The van der Waals surface area contributed by atoms with Crippen LogP contribution in [0.4, 0.5) is 23.1 Å². The smallest absolute Gasteiger partial charge is 0.410 e. The molecule has 5 nitrogen and oxygen atoms in total. The number of nitrogens with zero attached hydrogens (tertiary/aromatic N) is 2. The summed E-state index contributed by atoms with van der Waals surface area (Å²) in [6.45, 7) is 0. The molecule has 0 radical (unpaired) electrons. The molecule has 1 N–H and O–H groups in total. The summed E-state index contributed by atoms with van der Waals surface area (Å²) >= 11 is 12.6. The Morgan fingerprint density at radius 1 is 1.11 bits per heavy atom. The molecule has 1 heterocycles. The zero-order chi connectivity index (χ0) is 20.3. The summed E-state index contributed by atoms with van der Waals surface area (Å²) < 4.78 is 43.4. The molecule has 0 unspecified atom stereocenters. The Kier molecular flexibility index (Phi) is 6.07. The van der Waals surface area contributed by atoms with Crippen molar-refractivity contribution in [3.05, 3.63) is 68.6 Å². The van der Waals surface area contributed by atoms with Crippen molar-refractivity contribution in [2.75, 3.05) is 5.32 Å². The first kappa shape index (κ1) is 20.4. The predicted molar refractivity (Wildman–Crippen MR) is 100 cm³/mol. The molecule has 0 aliphatic rings. The Labute approximate surface area is 171 Å². The molecule has 0 bridgehead atoms. The van der Waals surface area contributed by atoms with Crippen LogP contribution in [-0.2, 0) is 12.6 Å². The van der Waals surface area contributed by atoms with E-state index in [2.05, 4.69) is 15.5 Å². The fourth-order valence-electron chi connectivity index (χ4n) is 2.17. The largest absolute Gasteiger partial charge is 0.418 e. The molecule has 0 aliphatic heterocycles. The summed E-state index contributed by atoms with van der Waals surface area (Å²) in [6.07, 6.45) is -5.09. The van der Waals surface area contributed by atoms with Crippen LogP contribution in [0.3, 0.4) is 0 Å². The summed E-state index contributed by atoms with van der Waals surface area (Å²) in [5.41, 5.74) is -0.311. The highest BCUT2D eigenvalue weighted by molar-refractivity contribution is 7.15. The van der Waals surface area contributed by atoms with Gasteiger partial charge < -0.3 is 4.74 Å². The number of rotatable bonds is 4. The molecule has 2 aromatic carbocycles. The first-order valence-corrected chi connectivity index (χ1v) is 9.20. The average Bonchev–Trinajstić information content (AvgIpc) is 3.04. The molecule has 28 heavy (non-hydrogen) atoms. The van der Waals surface area contributed by atoms with Gasteiger partial charge in [0.05, 0.1) is 15.6 Å². The van der Waals surface area contributed by atoms with Gasteiger partial charge in [-0.25, -0.2) is 4.79 Å². The zero-order valence-electron chi connectivity index (χ0n) is 13.8. The third kappa shape index (κ3) is 5.34. The van der Waals surface area contributed by atoms with Crippen molar-refractivity contribution in [1.82, 2.24) is 10.2 Å². The van der Waals surface area contributed by atoms with E-state index in [0.717, 1.165) is 23.5 Å². The minimum atomic E-state index is -4.42. The quantitative estimate of drug-likeness (QED) is 0.527. The summed E-state index contributed by atoms with van der Waals surface area (Å²) in [5, 5.41) is 11.2. The van der Waals surface area contributed by atoms with Crippen molar-refractivity contribution < 1.29 is 22.7 Å². The van der Waals surface area contributed by atoms with Gasteiger partial charge in [0.25, 0.3) is 0 Å². The van der Waals surface area contributed by atoms with Gasteiger partial charge in [-0.15, -0.1) is 10.2 Å². The molecule has 0 aliphatic carbocycles. The Hall–Kier alpha value is -2.36. The molecule has 0 saturated carbocycles. The molecule has 0 atom stereocenters. The van der Waals surface area contributed by atoms with E-state index in [1.54, 1.807) is 6.07 Å². The lowest BCUT2D eigenvalue weighted by Crippen LogP contribution is -2.16. The van der Waals surface area contributed by atoms with Crippen molar-refractivity contribution in [1.29, 1.82) is 0 Å². The molecule has 0 spiro atoms. The number of anilines is 1. The van der Waals surface area contributed by atoms with Gasteiger partial charge >= 0.3 is 12.3 Å². The van der Waals surface area contributed by atoms with Crippen LogP contribution in [0.2, 0.25) is 10.0 Å². The highest BCUT2D eigenvalue weighted by Crippen LogP contribution is 2.30. The number of ether oxygens (including phenoxy) is 1. The van der Waals surface area contributed by atoms with E-state index in [0.29, 0.717) is 15.6 Å². The highest BCUT2D eigenvalue weighted by Gasteiger charge is 2.30. The van der Waals surface area contributed by atoms with Gasteiger partial charge in [-0.1, -0.05) is 52.7 Å². The van der Waals surface area contributed by atoms with Crippen molar-refractivity contribution >= 4 is 45.8 Å². The van der Waals surface area contributed by atoms with E-state index in [4.69, 9.17) is 27.9 Å². The number of halogens is 5. The monoisotopic (exact) mass is 447 g/mol. The van der Waals surface area contributed by atoms with Crippen LogP contribution < -0.4 is 10.1 Å². The van der Waals surface area contributed by atoms with Gasteiger partial charge in [0.15, 0.2) is 0 Å². The van der Waals surface area contributed by atoms with Gasteiger partial charge in [-0.05, 0) is 23.8 Å². The number of amides is 1. The first-order chi connectivity index (χ1) is 13.2. The van der Waals surface area contributed by atoms with Gasteiger partial charge in [-0.3, -0.25) is 5.32 Å². The second-order valence-electron chi connectivity index (χ2n) is 5.47. The molecule has 0 fully saturated rings. The molecule has 3 aromatic rings. The van der Waals surface area contributed by atoms with Gasteiger partial charge in [0.1, 0.15) is 10.8 Å². The second kappa shape index (κ2) is 8.34. The number of carbonyl (C=O) groups excluding carboxylic acids is 1. The number of hydrogen-bond donors (Lipinski definition) is 1. The first-order valence-electron chi connectivity index (χ1n) is 7.63. The normalized spacial score (nSPS) is 11.3. The molecule has 146 valence electrons. The topological polar surface area (TPSA) is 64.1 Å².